The van der Waals surface area contributed by atoms with Gasteiger partial charge in [0.25, 0.3) is 12.4 Å². The first kappa shape index (κ1) is 110. The van der Waals surface area contributed by atoms with Crippen LogP contribution in [0.4, 0.5) is 61.5 Å². The van der Waals surface area contributed by atoms with Crippen molar-refractivity contribution in [3.05, 3.63) is 256 Å². The molecular formula is C97H99BBr2F6N28O16. The van der Waals surface area contributed by atoms with Gasteiger partial charge in [0.15, 0.2) is 22.6 Å². The summed E-state index contributed by atoms with van der Waals surface area (Å²) in [6, 6.07) is 41.2. The smallest absolute Gasteiger partial charge is 0.478 e. The first-order chi connectivity index (χ1) is 71.2. The molecule has 20 N–H and O–H groups in total. The number of aromatic amines is 4. The monoisotopic (exact) mass is 2190 g/mol. The van der Waals surface area contributed by atoms with E-state index in [0.717, 1.165) is 54.3 Å². The van der Waals surface area contributed by atoms with Crippen LogP contribution in [0, 0.1) is 0 Å². The number of para-hydroxylation sites is 2. The number of aromatic nitrogens is 20. The average Bonchev–Trinajstić information content (AvgIpc) is 1.61. The summed E-state index contributed by atoms with van der Waals surface area (Å²) in [5, 5.41) is 28.1. The van der Waals surface area contributed by atoms with Gasteiger partial charge in [0, 0.05) is 93.0 Å². The van der Waals surface area contributed by atoms with Crippen LogP contribution in [0.3, 0.4) is 0 Å². The largest absolute Gasteiger partial charge is 0.573 e. The Morgan fingerprint density at radius 2 is 0.793 bits per heavy atom. The van der Waals surface area contributed by atoms with Gasteiger partial charge in [-0.25, -0.2) is 57.2 Å². The van der Waals surface area contributed by atoms with E-state index in [-0.39, 0.29) is 63.6 Å². The molecule has 1 saturated heterocycles. The zero-order valence-electron chi connectivity index (χ0n) is 81.9. The van der Waals surface area contributed by atoms with Gasteiger partial charge in [-0.3, -0.25) is 4.79 Å². The van der Waals surface area contributed by atoms with Crippen molar-refractivity contribution in [2.45, 2.75) is 105 Å². The van der Waals surface area contributed by atoms with Crippen LogP contribution in [0.25, 0.3) is 100 Å². The number of hydrogen-bond donors (Lipinski definition) is 13. The minimum Gasteiger partial charge on any atom is -0.478 e. The Morgan fingerprint density at radius 1 is 0.453 bits per heavy atom. The van der Waals surface area contributed by atoms with E-state index in [1.165, 1.54) is 81.0 Å². The highest BCUT2D eigenvalue weighted by Gasteiger charge is 2.52. The van der Waals surface area contributed by atoms with Crippen LogP contribution in [0.2, 0.25) is 0 Å². The summed E-state index contributed by atoms with van der Waals surface area (Å²) >= 11 is 6.52. The number of nitrogens with two attached hydrogens (primary N) is 7. The molecule has 0 aliphatic carbocycles. The van der Waals surface area contributed by atoms with E-state index in [0.29, 0.717) is 119 Å². The molecule has 2 unspecified atom stereocenters. The molecular weight excluding hydrogens is 2100 g/mol. The van der Waals surface area contributed by atoms with Crippen molar-refractivity contribution >= 4 is 176 Å². The summed E-state index contributed by atoms with van der Waals surface area (Å²) in [6.07, 6.45) is 3.67. The second kappa shape index (κ2) is 47.7. The summed E-state index contributed by atoms with van der Waals surface area (Å²) in [5.74, 6) is -2.53. The van der Waals surface area contributed by atoms with Gasteiger partial charge >= 0.3 is 43.7 Å². The molecule has 44 nitrogen and oxygen atoms in total. The highest BCUT2D eigenvalue weighted by atomic mass is 79.9. The maximum Gasteiger partial charge on any atom is 0.573 e. The fourth-order valence-corrected chi connectivity index (χ4v) is 15.7. The first-order valence-corrected chi connectivity index (χ1v) is 46.7. The van der Waals surface area contributed by atoms with Crippen LogP contribution in [0.5, 0.6) is 11.5 Å². The summed E-state index contributed by atoms with van der Waals surface area (Å²) < 4.78 is 131. The second-order valence-corrected chi connectivity index (χ2v) is 34.9. The number of pyridine rings is 4. The summed E-state index contributed by atoms with van der Waals surface area (Å²) in [6.45, 7) is 18.4. The van der Waals surface area contributed by atoms with Gasteiger partial charge in [0.2, 0.25) is 23.8 Å². The molecule has 150 heavy (non-hydrogen) atoms. The second-order valence-electron chi connectivity index (χ2n) is 33.2. The van der Waals surface area contributed by atoms with Crippen LogP contribution in [0.15, 0.2) is 217 Å². The van der Waals surface area contributed by atoms with E-state index in [9.17, 15) is 55.4 Å². The zero-order valence-corrected chi connectivity index (χ0v) is 85.0. The topological polar surface area (TPSA) is 628 Å². The number of alkyl halides is 6. The number of esters is 3. The Hall–Kier alpha value is -17.0. The lowest BCUT2D eigenvalue weighted by atomic mass is 9.80. The number of carboxylic acid groups (broad SMARTS) is 1. The molecule has 0 radical (unpaired) electrons. The van der Waals surface area contributed by atoms with Crippen LogP contribution >= 0.6 is 31.9 Å². The molecule has 12 aromatic heterocycles. The zero-order chi connectivity index (χ0) is 109. The Labute approximate surface area is 864 Å². The number of nitrogens with one attached hydrogen (secondary N) is 5. The SMILES string of the molecule is CC(N)c1ccccc1OC(F)(F)F.CC(NC(=O)c1cc(-c2ccn3nc(N)nc3c2)c2nc[nH]c2c1)c1ccccc1OC(F)(F)F.CC1(C)OB(c2ccn3nc(N)nc3c2)OC1(C)C.CCOC(OCC)OCC.COC(=O)c1cc(-c2ccn3nc(N)nc3c2)c2nc[nH]c2c1.COC(=O)c1cc(Br)c2nc[nH]c2c1.COC(=O)c1cc(N)c(N)c(Br)c1.Nc1nc2cc(-c3cc(C(=O)O)cc4[nH]cnc34)ccn2n1. The number of amides is 1. The molecule has 7 aromatic carbocycles. The van der Waals surface area contributed by atoms with Crippen LogP contribution in [0.1, 0.15) is 137 Å². The van der Waals surface area contributed by atoms with Crippen molar-refractivity contribution in [1.82, 2.24) is 104 Å². The maximum absolute atomic E-state index is 13.1. The number of ether oxygens (including phenoxy) is 8. The number of benzene rings is 7. The van der Waals surface area contributed by atoms with E-state index >= 15 is 0 Å². The maximum atomic E-state index is 13.1. The van der Waals surface area contributed by atoms with E-state index < -0.39 is 62.2 Å². The predicted octanol–water partition coefficient (Wildman–Crippen LogP) is 15.5. The number of rotatable bonds is 20. The van der Waals surface area contributed by atoms with Crippen molar-refractivity contribution in [2.75, 3.05) is 75.6 Å². The third-order valence-corrected chi connectivity index (χ3v) is 23.6. The molecule has 13 heterocycles. The van der Waals surface area contributed by atoms with Gasteiger partial charge in [-0.2, -0.15) is 19.9 Å². The standard InChI is InChI=1S/C23H18F3N7O2.C15H12N6O2.C14H10N6O2.C12H17BN4O2.C9H7BrN2O2.C9H10F3NO.C8H9BrN2O2.C7H16O3/c1-12(15-4-2-3-5-18(15)35-23(24,25)26)30-21(34)14-8-16(20-17(9-14)28-11-29-20)13-6-7-33-19(10-13)31-22(27)32-33;1-23-14(22)9-4-10(13-11(5-9)17-7-18-13)8-2-3-21-12(6-8)19-15(16)20-21;15-14-18-11-5-7(1-2-20(11)19-14)9-3-8(13(21)22)4-10-12(9)17-6-16-10;1-11(2)12(3,4)19-13(18-11)8-5-6-17-9(7-8)15-10(14)16-17;1-14-9(13)5-2-6(10)8-7(3-5)11-4-12-8;1-6(13)7-4-2-3-5-8(7)14-9(10,11)12;1-13-8(12)4-2-5(9)7(11)6(10)3-4;1-4-8-7(9-5-2)10-6-3/h2-12H,1H3,(H2,27,32)(H,28,29)(H,30,34);2-7H,1H3,(H2,16,20)(H,17,18);1-6H,(H2,15,19)(H,16,17)(H,21,22);5-7H,1-4H3,(H2,14,16);2-4H,1H3,(H,11,12);2-6H,13H2,1H3;2-3H,10-11H2,1H3;7H,4-6H2,1-3H3. The third-order valence-electron chi connectivity index (χ3n) is 22.4. The molecule has 20 rings (SSSR count). The number of fused-ring (bicyclic) bond motifs is 8. The first-order valence-electron chi connectivity index (χ1n) is 45.1. The molecule has 53 heteroatoms. The Kier molecular flexibility index (Phi) is 35.0. The minimum absolute atomic E-state index is 0.129. The van der Waals surface area contributed by atoms with Crippen molar-refractivity contribution in [2.24, 2.45) is 5.73 Å². The number of carbonyl (C=O) groups is 5. The number of methoxy groups -OCH3 is 3. The molecule has 1 fully saturated rings. The summed E-state index contributed by atoms with van der Waals surface area (Å²) in [7, 11) is 3.62. The molecule has 1 aliphatic heterocycles. The number of halogens is 8. The number of H-pyrrole nitrogens is 4. The van der Waals surface area contributed by atoms with E-state index in [1.54, 1.807) is 150 Å². The van der Waals surface area contributed by atoms with E-state index in [4.69, 9.17) is 68.4 Å². The van der Waals surface area contributed by atoms with E-state index in [1.807, 2.05) is 78.8 Å². The molecule has 1 aliphatic rings. The molecule has 2 atom stereocenters. The Morgan fingerprint density at radius 3 is 1.19 bits per heavy atom. The van der Waals surface area contributed by atoms with Crippen molar-refractivity contribution in [1.29, 1.82) is 0 Å². The molecule has 0 bridgehead atoms. The third kappa shape index (κ3) is 27.3. The number of aromatic carboxylic acids is 1. The number of carbonyl (C=O) groups excluding carboxylic acids is 4. The van der Waals surface area contributed by atoms with Gasteiger partial charge in [0.05, 0.1) is 136 Å². The molecule has 0 spiro atoms. The lowest BCUT2D eigenvalue weighted by Crippen LogP contribution is -2.41. The molecule has 19 aromatic rings. The van der Waals surface area contributed by atoms with Crippen molar-refractivity contribution < 1.29 is 103 Å². The highest BCUT2D eigenvalue weighted by molar-refractivity contribution is 9.11. The van der Waals surface area contributed by atoms with Crippen LogP contribution in [-0.4, -0.2) is 212 Å². The van der Waals surface area contributed by atoms with Gasteiger partial charge in [-0.1, -0.05) is 36.4 Å². The summed E-state index contributed by atoms with van der Waals surface area (Å²) in [5.41, 5.74) is 55.0. The van der Waals surface area contributed by atoms with Crippen LogP contribution in [-0.2, 0) is 37.7 Å². The Balaban J connectivity index is 0.000000147. The fraction of sp³-hybridized carbons (Fsp3) is 0.227. The van der Waals surface area contributed by atoms with Gasteiger partial charge in [0.1, 0.15) is 17.0 Å². The van der Waals surface area contributed by atoms with Crippen molar-refractivity contribution in [3.8, 4) is 44.9 Å². The minimum atomic E-state index is -4.85. The van der Waals surface area contributed by atoms with E-state index in [2.05, 4.69) is 136 Å². The number of anilines is 6. The average molecular weight is 2200 g/mol. The molecule has 1 amide bonds. The molecule has 0 saturated carbocycles. The van der Waals surface area contributed by atoms with Crippen molar-refractivity contribution in [3.63, 3.8) is 0 Å². The number of imidazole rings is 4. The Bertz CT molecular complexity index is 8020. The number of hydrogen-bond acceptors (Lipinski definition) is 34. The van der Waals surface area contributed by atoms with Gasteiger partial charge in [-0.15, -0.1) is 46.7 Å². The predicted molar refractivity (Wildman–Crippen MR) is 552 cm³/mol. The quantitative estimate of drug-likeness (QED) is 0.00841. The lowest BCUT2D eigenvalue weighted by Gasteiger charge is -2.32. The van der Waals surface area contributed by atoms with Crippen LogP contribution < -0.4 is 60.4 Å². The van der Waals surface area contributed by atoms with Gasteiger partial charge in [-0.05, 0) is 238 Å². The summed E-state index contributed by atoms with van der Waals surface area (Å²) in [4.78, 5) is 104. The van der Waals surface area contributed by atoms with Gasteiger partial charge < -0.3 is 118 Å². The number of nitrogens with zero attached hydrogens (tertiary/aromatic N) is 16. The fourth-order valence-electron chi connectivity index (χ4n) is 14.7. The number of nitrogen functional groups attached to an aromatic ring is 6. The highest BCUT2D eigenvalue weighted by Crippen LogP contribution is 2.40. The normalized spacial score (nSPS) is 12.8. The number of carboxylic acids is 1. The lowest BCUT2D eigenvalue weighted by molar-refractivity contribution is -0.282. The molecule has 782 valence electrons.